The molecule has 2 aromatic heterocycles. The van der Waals surface area contributed by atoms with E-state index in [2.05, 4.69) is 19.1 Å². The number of nitrogens with two attached hydrogens (primary N) is 1. The highest BCUT2D eigenvalue weighted by Gasteiger charge is 2.79. The molecule has 1 saturated heterocycles. The summed E-state index contributed by atoms with van der Waals surface area (Å²) in [4.78, 5) is 12.7. The van der Waals surface area contributed by atoms with E-state index in [1.165, 1.54) is 29.4 Å². The first-order valence-corrected chi connectivity index (χ1v) is 10.3. The standard InChI is InChI=1S/C17H16FN5O6S/c18-9-3-1-8(2-4-9)5-10-11-15(21-6-20-10)23(7-22-11)16-12(24)17(25)13(28-16)14(17)29-30(19,26)27/h1-4,6-7,12-14,16,24-25H,5H2,(H2,19,26,27)/t12-,13+,14?,16+,17-/m0/s1. The molecule has 0 radical (unpaired) electrons. The highest BCUT2D eigenvalue weighted by atomic mass is 32.2. The number of benzene rings is 1. The topological polar surface area (TPSA) is 163 Å². The van der Waals surface area contributed by atoms with E-state index in [9.17, 15) is 23.0 Å². The Labute approximate surface area is 169 Å². The minimum atomic E-state index is -4.32. The third-order valence-electron chi connectivity index (χ3n) is 5.34. The Hall–Kier alpha value is -2.55. The smallest absolute Gasteiger partial charge is 0.333 e. The molecule has 5 rings (SSSR count). The second-order valence-electron chi connectivity index (χ2n) is 7.24. The Morgan fingerprint density at radius 1 is 1.27 bits per heavy atom. The predicted octanol–water partition coefficient (Wildman–Crippen LogP) is -0.852. The van der Waals surface area contributed by atoms with Crippen LogP contribution in [0.4, 0.5) is 4.39 Å². The molecule has 2 aliphatic rings. The summed E-state index contributed by atoms with van der Waals surface area (Å²) in [6, 6.07) is 5.97. The maximum Gasteiger partial charge on any atom is 0.333 e. The average Bonchev–Trinajstić information content (AvgIpc) is 2.98. The molecular weight excluding hydrogens is 421 g/mol. The number of aliphatic hydroxyl groups excluding tert-OH is 1. The molecule has 1 aromatic carbocycles. The van der Waals surface area contributed by atoms with Crippen molar-refractivity contribution >= 4 is 21.5 Å². The molecule has 1 aliphatic heterocycles. The monoisotopic (exact) mass is 437 g/mol. The number of halogens is 1. The number of hydrogen-bond donors (Lipinski definition) is 3. The molecule has 2 fully saturated rings. The molecule has 3 aromatic rings. The number of fused-ring (bicyclic) bond motifs is 2. The van der Waals surface area contributed by atoms with Crippen LogP contribution in [-0.2, 0) is 25.6 Å². The molecular formula is C17H16FN5O6S. The van der Waals surface area contributed by atoms with E-state index in [1.54, 1.807) is 12.1 Å². The van der Waals surface area contributed by atoms with Gasteiger partial charge in [-0.05, 0) is 17.7 Å². The molecule has 1 aliphatic carbocycles. The van der Waals surface area contributed by atoms with Gasteiger partial charge >= 0.3 is 10.3 Å². The van der Waals surface area contributed by atoms with Crippen LogP contribution < -0.4 is 5.14 Å². The summed E-state index contributed by atoms with van der Waals surface area (Å²) in [5.74, 6) is -0.343. The molecule has 11 nitrogen and oxygen atoms in total. The van der Waals surface area contributed by atoms with E-state index in [-0.39, 0.29) is 5.82 Å². The van der Waals surface area contributed by atoms with Gasteiger partial charge in [0.2, 0.25) is 0 Å². The van der Waals surface area contributed by atoms with Gasteiger partial charge < -0.3 is 14.9 Å². The van der Waals surface area contributed by atoms with Crippen LogP contribution in [-0.4, -0.2) is 62.1 Å². The highest BCUT2D eigenvalue weighted by molar-refractivity contribution is 7.84. The number of imidazole rings is 1. The van der Waals surface area contributed by atoms with Crippen LogP contribution in [0.15, 0.2) is 36.9 Å². The quantitative estimate of drug-likeness (QED) is 0.461. The lowest BCUT2D eigenvalue weighted by molar-refractivity contribution is -0.0888. The third-order valence-corrected chi connectivity index (χ3v) is 5.81. The van der Waals surface area contributed by atoms with Gasteiger partial charge in [-0.3, -0.25) is 4.57 Å². The van der Waals surface area contributed by atoms with Crippen LogP contribution in [0.2, 0.25) is 0 Å². The summed E-state index contributed by atoms with van der Waals surface area (Å²) in [5.41, 5.74) is 0.277. The Kier molecular flexibility index (Phi) is 4.19. The lowest BCUT2D eigenvalue weighted by Gasteiger charge is -2.23. The molecule has 0 amide bonds. The van der Waals surface area contributed by atoms with Gasteiger partial charge in [0, 0.05) is 6.42 Å². The van der Waals surface area contributed by atoms with E-state index in [4.69, 9.17) is 9.88 Å². The second-order valence-corrected chi connectivity index (χ2v) is 8.41. The summed E-state index contributed by atoms with van der Waals surface area (Å²) in [6.45, 7) is 0. The highest BCUT2D eigenvalue weighted by Crippen LogP contribution is 2.55. The van der Waals surface area contributed by atoms with E-state index >= 15 is 0 Å². The van der Waals surface area contributed by atoms with E-state index in [1.807, 2.05) is 0 Å². The maximum absolute atomic E-state index is 13.1. The maximum atomic E-state index is 13.1. The molecule has 0 bridgehead atoms. The normalized spacial score (nSPS) is 30.5. The van der Waals surface area contributed by atoms with Crippen LogP contribution >= 0.6 is 0 Å². The lowest BCUT2D eigenvalue weighted by Crippen LogP contribution is -2.38. The number of ether oxygens (including phenoxy) is 1. The van der Waals surface area contributed by atoms with Crippen molar-refractivity contribution < 1.29 is 31.9 Å². The summed E-state index contributed by atoms with van der Waals surface area (Å²) in [6.07, 6.45) is -1.87. The SMILES string of the molecule is NS(=O)(=O)OC1[C@H]2O[C@@H](n3cnc4c(Cc5ccc(F)cc5)ncnc43)[C@H](O)[C@@]12O. The van der Waals surface area contributed by atoms with Gasteiger partial charge in [0.05, 0.1) is 12.0 Å². The molecule has 13 heteroatoms. The first kappa shape index (κ1) is 19.4. The van der Waals surface area contributed by atoms with Crippen molar-refractivity contribution in [3.63, 3.8) is 0 Å². The lowest BCUT2D eigenvalue weighted by atomic mass is 10.1. The molecule has 1 saturated carbocycles. The Bertz CT molecular complexity index is 1240. The van der Waals surface area contributed by atoms with Gasteiger partial charge in [-0.2, -0.15) is 8.42 Å². The van der Waals surface area contributed by atoms with E-state index < -0.39 is 40.4 Å². The van der Waals surface area contributed by atoms with Crippen LogP contribution in [0.1, 0.15) is 17.5 Å². The van der Waals surface area contributed by atoms with Gasteiger partial charge in [0.25, 0.3) is 0 Å². The van der Waals surface area contributed by atoms with Crippen LogP contribution in [0.3, 0.4) is 0 Å². The molecule has 30 heavy (non-hydrogen) atoms. The van der Waals surface area contributed by atoms with Gasteiger partial charge in [-0.1, -0.05) is 12.1 Å². The number of aromatic nitrogens is 4. The van der Waals surface area contributed by atoms with E-state index in [0.29, 0.717) is 23.3 Å². The fraction of sp³-hybridized carbons (Fsp3) is 0.353. The van der Waals surface area contributed by atoms with Gasteiger partial charge in [0.1, 0.15) is 36.0 Å². The minimum absolute atomic E-state index is 0.343. The molecule has 5 atom stereocenters. The number of hydrogen-bond acceptors (Lipinski definition) is 9. The van der Waals surface area contributed by atoms with Crippen molar-refractivity contribution in [3.05, 3.63) is 54.0 Å². The fourth-order valence-electron chi connectivity index (χ4n) is 3.80. The van der Waals surface area contributed by atoms with Crippen molar-refractivity contribution in [1.82, 2.24) is 19.5 Å². The van der Waals surface area contributed by atoms with Crippen LogP contribution in [0.25, 0.3) is 11.2 Å². The first-order valence-electron chi connectivity index (χ1n) is 8.86. The third kappa shape index (κ3) is 2.98. The van der Waals surface area contributed by atoms with E-state index in [0.717, 1.165) is 5.56 Å². The molecule has 4 N–H and O–H groups in total. The van der Waals surface area contributed by atoms with Crippen molar-refractivity contribution in [1.29, 1.82) is 0 Å². The van der Waals surface area contributed by atoms with Crippen LogP contribution in [0, 0.1) is 5.82 Å². The van der Waals surface area contributed by atoms with Gasteiger partial charge in [0.15, 0.2) is 17.5 Å². The van der Waals surface area contributed by atoms with Crippen LogP contribution in [0.5, 0.6) is 0 Å². The minimum Gasteiger partial charge on any atom is -0.385 e. The Morgan fingerprint density at radius 2 is 2.00 bits per heavy atom. The Morgan fingerprint density at radius 3 is 2.63 bits per heavy atom. The first-order chi connectivity index (χ1) is 14.2. The summed E-state index contributed by atoms with van der Waals surface area (Å²) in [7, 11) is -4.32. The average molecular weight is 437 g/mol. The summed E-state index contributed by atoms with van der Waals surface area (Å²) >= 11 is 0. The number of aliphatic hydroxyl groups is 2. The van der Waals surface area contributed by atoms with Crippen molar-refractivity contribution in [3.8, 4) is 0 Å². The van der Waals surface area contributed by atoms with Crippen molar-refractivity contribution in [2.45, 2.75) is 36.6 Å². The van der Waals surface area contributed by atoms with Crippen molar-refractivity contribution in [2.24, 2.45) is 5.14 Å². The number of nitrogens with zero attached hydrogens (tertiary/aromatic N) is 4. The zero-order chi connectivity index (χ0) is 21.3. The zero-order valence-corrected chi connectivity index (χ0v) is 16.0. The van der Waals surface area contributed by atoms with Gasteiger partial charge in [-0.15, -0.1) is 0 Å². The predicted molar refractivity (Wildman–Crippen MR) is 97.4 cm³/mol. The Balaban J connectivity index is 1.42. The van der Waals surface area contributed by atoms with Crippen molar-refractivity contribution in [2.75, 3.05) is 0 Å². The second kappa shape index (κ2) is 6.47. The molecule has 1 unspecified atom stereocenters. The molecule has 3 heterocycles. The largest absolute Gasteiger partial charge is 0.385 e. The molecule has 0 spiro atoms. The summed E-state index contributed by atoms with van der Waals surface area (Å²) < 4.78 is 46.9. The van der Waals surface area contributed by atoms with Gasteiger partial charge in [-0.25, -0.2) is 28.7 Å². The summed E-state index contributed by atoms with van der Waals surface area (Å²) in [5, 5.41) is 25.9. The molecule has 158 valence electrons. The fourth-order valence-corrected chi connectivity index (χ4v) is 4.35. The number of rotatable bonds is 5. The zero-order valence-electron chi connectivity index (χ0n) is 15.2.